The van der Waals surface area contributed by atoms with E-state index in [0.29, 0.717) is 45.9 Å². The van der Waals surface area contributed by atoms with Gasteiger partial charge >= 0.3 is 5.97 Å². The first-order valence-corrected chi connectivity index (χ1v) is 8.91. The number of ether oxygens (including phenoxy) is 3. The number of hydrogen-bond acceptors (Lipinski definition) is 7. The molecular formula is C20H16N4O5. The minimum absolute atomic E-state index is 0.202. The van der Waals surface area contributed by atoms with Gasteiger partial charge in [-0.3, -0.25) is 4.79 Å². The predicted molar refractivity (Wildman–Crippen MR) is 102 cm³/mol. The van der Waals surface area contributed by atoms with Crippen molar-refractivity contribution < 1.29 is 19.0 Å². The summed E-state index contributed by atoms with van der Waals surface area (Å²) in [5.41, 5.74) is 2.41. The Labute approximate surface area is 164 Å². The molecule has 0 atom stereocenters. The van der Waals surface area contributed by atoms with Crippen LogP contribution in [0.2, 0.25) is 0 Å². The summed E-state index contributed by atoms with van der Waals surface area (Å²) < 4.78 is 18.6. The molecule has 0 bridgehead atoms. The van der Waals surface area contributed by atoms with E-state index in [4.69, 9.17) is 14.2 Å². The van der Waals surface area contributed by atoms with Crippen molar-refractivity contribution >= 4 is 22.5 Å². The zero-order valence-electron chi connectivity index (χ0n) is 15.7. The van der Waals surface area contributed by atoms with Crippen LogP contribution in [0, 0.1) is 6.92 Å². The molecule has 3 aromatic heterocycles. The maximum atomic E-state index is 13.0. The van der Waals surface area contributed by atoms with E-state index >= 15 is 0 Å². The molecule has 0 saturated carbocycles. The van der Waals surface area contributed by atoms with Crippen molar-refractivity contribution in [1.29, 1.82) is 0 Å². The van der Waals surface area contributed by atoms with Gasteiger partial charge in [-0.2, -0.15) is 5.10 Å². The third kappa shape index (κ3) is 2.62. The fourth-order valence-corrected chi connectivity index (χ4v) is 3.52. The first-order chi connectivity index (χ1) is 14.1. The number of nitrogens with zero attached hydrogens (tertiary/aromatic N) is 4. The minimum atomic E-state index is -0.513. The third-order valence-corrected chi connectivity index (χ3v) is 4.94. The summed E-state index contributed by atoms with van der Waals surface area (Å²) in [4.78, 5) is 29.4. The number of esters is 1. The zero-order valence-corrected chi connectivity index (χ0v) is 15.7. The molecule has 9 heteroatoms. The van der Waals surface area contributed by atoms with Gasteiger partial charge in [-0.25, -0.2) is 14.3 Å². The van der Waals surface area contributed by atoms with Gasteiger partial charge in [0, 0.05) is 12.4 Å². The van der Waals surface area contributed by atoms with Gasteiger partial charge in [0.05, 0.1) is 30.3 Å². The van der Waals surface area contributed by atoms with Crippen LogP contribution in [0.1, 0.15) is 21.6 Å². The standard InChI is InChI=1S/C20H16N4O5/c1-11-17(20(26)27-2)18-21-8-13-14(24(18)22-11)5-6-23(19(13)25)9-12-3-4-15-16(7-12)29-10-28-15/h3-8H,9-10H2,1-2H3. The summed E-state index contributed by atoms with van der Waals surface area (Å²) >= 11 is 0. The Bertz CT molecular complexity index is 1350. The van der Waals surface area contributed by atoms with Crippen molar-refractivity contribution in [2.75, 3.05) is 13.9 Å². The lowest BCUT2D eigenvalue weighted by Crippen LogP contribution is -2.21. The highest BCUT2D eigenvalue weighted by atomic mass is 16.7. The number of methoxy groups -OCH3 is 1. The Morgan fingerprint density at radius 2 is 2.07 bits per heavy atom. The maximum Gasteiger partial charge on any atom is 0.343 e. The summed E-state index contributed by atoms with van der Waals surface area (Å²) in [5, 5.41) is 4.78. The maximum absolute atomic E-state index is 13.0. The zero-order chi connectivity index (χ0) is 20.1. The van der Waals surface area contributed by atoms with E-state index in [9.17, 15) is 9.59 Å². The lowest BCUT2D eigenvalue weighted by molar-refractivity contribution is 0.0602. The van der Waals surface area contributed by atoms with Crippen molar-refractivity contribution in [2.24, 2.45) is 0 Å². The monoisotopic (exact) mass is 392 g/mol. The normalized spacial score (nSPS) is 12.6. The molecule has 4 aromatic rings. The summed E-state index contributed by atoms with van der Waals surface area (Å²) in [6.45, 7) is 2.27. The SMILES string of the molecule is COC(=O)c1c(C)nn2c1ncc1c(=O)n(Cc3ccc4c(c3)OCO4)ccc12. The van der Waals surface area contributed by atoms with Gasteiger partial charge in [-0.05, 0) is 30.7 Å². The number of carbonyl (C=O) groups is 1. The van der Waals surface area contributed by atoms with E-state index in [1.165, 1.54) is 17.8 Å². The minimum Gasteiger partial charge on any atom is -0.465 e. The van der Waals surface area contributed by atoms with Crippen molar-refractivity contribution in [3.63, 3.8) is 0 Å². The molecule has 1 aromatic carbocycles. The van der Waals surface area contributed by atoms with Crippen LogP contribution in [-0.2, 0) is 11.3 Å². The highest BCUT2D eigenvalue weighted by Crippen LogP contribution is 2.32. The molecule has 0 spiro atoms. The number of hydrogen-bond donors (Lipinski definition) is 0. The molecular weight excluding hydrogens is 376 g/mol. The number of carbonyl (C=O) groups excluding carboxylic acids is 1. The van der Waals surface area contributed by atoms with Gasteiger partial charge in [0.25, 0.3) is 5.56 Å². The van der Waals surface area contributed by atoms with E-state index in [1.807, 2.05) is 18.2 Å². The second-order valence-electron chi connectivity index (χ2n) is 6.68. The van der Waals surface area contributed by atoms with Crippen LogP contribution in [0.5, 0.6) is 11.5 Å². The third-order valence-electron chi connectivity index (χ3n) is 4.94. The highest BCUT2D eigenvalue weighted by Gasteiger charge is 2.21. The molecule has 29 heavy (non-hydrogen) atoms. The number of fused-ring (bicyclic) bond motifs is 4. The van der Waals surface area contributed by atoms with E-state index in [0.717, 1.165) is 5.56 Å². The first-order valence-electron chi connectivity index (χ1n) is 8.91. The average Bonchev–Trinajstić information content (AvgIpc) is 3.32. The second kappa shape index (κ2) is 6.33. The van der Waals surface area contributed by atoms with E-state index in [-0.39, 0.29) is 12.4 Å². The molecule has 0 unspecified atom stereocenters. The summed E-state index contributed by atoms with van der Waals surface area (Å²) in [7, 11) is 1.31. The molecule has 146 valence electrons. The Kier molecular flexibility index (Phi) is 3.76. The van der Waals surface area contributed by atoms with Crippen LogP contribution < -0.4 is 15.0 Å². The van der Waals surface area contributed by atoms with E-state index in [1.54, 1.807) is 23.8 Å². The lowest BCUT2D eigenvalue weighted by atomic mass is 10.2. The predicted octanol–water partition coefficient (Wildman–Crippen LogP) is 1.92. The lowest BCUT2D eigenvalue weighted by Gasteiger charge is -2.09. The molecule has 0 aliphatic carbocycles. The van der Waals surface area contributed by atoms with Crippen LogP contribution in [0.25, 0.3) is 16.6 Å². The number of pyridine rings is 1. The number of aromatic nitrogens is 4. The van der Waals surface area contributed by atoms with Crippen molar-refractivity contribution in [2.45, 2.75) is 13.5 Å². The number of aryl methyl sites for hydroxylation is 1. The van der Waals surface area contributed by atoms with Crippen LogP contribution in [-0.4, -0.2) is 39.0 Å². The summed E-state index contributed by atoms with van der Waals surface area (Å²) in [5.74, 6) is 0.851. The smallest absolute Gasteiger partial charge is 0.343 e. The summed E-state index contributed by atoms with van der Waals surface area (Å²) in [6.07, 6.45) is 3.17. The first kappa shape index (κ1) is 17.2. The second-order valence-corrected chi connectivity index (χ2v) is 6.68. The van der Waals surface area contributed by atoms with Crippen LogP contribution in [0.4, 0.5) is 0 Å². The largest absolute Gasteiger partial charge is 0.465 e. The quantitative estimate of drug-likeness (QED) is 0.491. The van der Waals surface area contributed by atoms with Gasteiger partial charge in [0.2, 0.25) is 6.79 Å². The number of rotatable bonds is 3. The topological polar surface area (TPSA) is 97.0 Å². The molecule has 0 radical (unpaired) electrons. The fraction of sp³-hybridized carbons (Fsp3) is 0.200. The Balaban J connectivity index is 1.61. The molecule has 9 nitrogen and oxygen atoms in total. The van der Waals surface area contributed by atoms with E-state index in [2.05, 4.69) is 10.1 Å². The molecule has 0 saturated heterocycles. The Hall–Kier alpha value is -3.88. The van der Waals surface area contributed by atoms with Crippen molar-refractivity contribution in [3.8, 4) is 11.5 Å². The van der Waals surface area contributed by atoms with Crippen LogP contribution in [0.3, 0.4) is 0 Å². The molecule has 0 fully saturated rings. The molecule has 5 rings (SSSR count). The van der Waals surface area contributed by atoms with Crippen LogP contribution >= 0.6 is 0 Å². The van der Waals surface area contributed by atoms with Gasteiger partial charge in [0.15, 0.2) is 17.1 Å². The van der Waals surface area contributed by atoms with Gasteiger partial charge in [0.1, 0.15) is 5.56 Å². The van der Waals surface area contributed by atoms with Crippen LogP contribution in [0.15, 0.2) is 41.5 Å². The fourth-order valence-electron chi connectivity index (χ4n) is 3.52. The molecule has 1 aliphatic heterocycles. The Morgan fingerprint density at radius 1 is 1.24 bits per heavy atom. The Morgan fingerprint density at radius 3 is 2.90 bits per heavy atom. The molecule has 4 heterocycles. The molecule has 0 N–H and O–H groups in total. The molecule has 0 amide bonds. The van der Waals surface area contributed by atoms with Gasteiger partial charge in [-0.1, -0.05) is 6.07 Å². The van der Waals surface area contributed by atoms with Crippen molar-refractivity contribution in [1.82, 2.24) is 19.2 Å². The van der Waals surface area contributed by atoms with E-state index < -0.39 is 5.97 Å². The highest BCUT2D eigenvalue weighted by molar-refractivity contribution is 5.98. The van der Waals surface area contributed by atoms with Crippen molar-refractivity contribution in [3.05, 3.63) is 63.8 Å². The van der Waals surface area contributed by atoms with Gasteiger partial charge < -0.3 is 18.8 Å². The average molecular weight is 392 g/mol. The molecule has 1 aliphatic rings. The van der Waals surface area contributed by atoms with Gasteiger partial charge in [-0.15, -0.1) is 0 Å². The number of benzene rings is 1. The summed E-state index contributed by atoms with van der Waals surface area (Å²) in [6, 6.07) is 7.37.